The molecule has 1 amide bonds. The van der Waals surface area contributed by atoms with E-state index in [1.54, 1.807) is 7.11 Å². The maximum atomic E-state index is 12.8. The molecule has 0 aromatic heterocycles. The van der Waals surface area contributed by atoms with E-state index in [9.17, 15) is 4.79 Å². The summed E-state index contributed by atoms with van der Waals surface area (Å²) in [5, 5.41) is 0. The van der Waals surface area contributed by atoms with Crippen molar-refractivity contribution in [1.29, 1.82) is 0 Å². The molecule has 0 bridgehead atoms. The van der Waals surface area contributed by atoms with Crippen LogP contribution >= 0.6 is 0 Å². The average molecular weight is 610 g/mol. The van der Waals surface area contributed by atoms with Crippen LogP contribution in [-0.4, -0.2) is 50.8 Å². The summed E-state index contributed by atoms with van der Waals surface area (Å²) in [6, 6.07) is 0. The first kappa shape index (κ1) is 42.4. The standard InChI is InChI=1S/C39H79NO3/c1-4-6-8-10-12-14-16-18-20-22-24-26-28-30-32-34-40(39(41)38-43-37-36-42-3)35-33-31-29-27-25-23-21-19-17-15-13-11-9-7-5-2/h4-38H2,1-3H3. The molecule has 4 heteroatoms. The summed E-state index contributed by atoms with van der Waals surface area (Å²) in [7, 11) is 1.67. The molecule has 0 spiro atoms. The summed E-state index contributed by atoms with van der Waals surface area (Å²) in [5.74, 6) is 0.159. The number of carbonyl (C=O) groups is 1. The topological polar surface area (TPSA) is 38.8 Å². The van der Waals surface area contributed by atoms with Crippen LogP contribution in [0, 0.1) is 0 Å². The van der Waals surface area contributed by atoms with Gasteiger partial charge in [-0.05, 0) is 12.8 Å². The molecule has 0 aliphatic rings. The van der Waals surface area contributed by atoms with Crippen LogP contribution in [0.15, 0.2) is 0 Å². The van der Waals surface area contributed by atoms with E-state index in [0.717, 1.165) is 25.9 Å². The van der Waals surface area contributed by atoms with Crippen LogP contribution in [0.1, 0.15) is 206 Å². The van der Waals surface area contributed by atoms with Crippen LogP contribution in [0.5, 0.6) is 0 Å². The molecule has 0 heterocycles. The van der Waals surface area contributed by atoms with Gasteiger partial charge in [0.1, 0.15) is 6.61 Å². The van der Waals surface area contributed by atoms with Crippen LogP contribution in [-0.2, 0) is 14.3 Å². The van der Waals surface area contributed by atoms with Crippen LogP contribution in [0.4, 0.5) is 0 Å². The second-order valence-corrected chi connectivity index (χ2v) is 13.3. The lowest BCUT2D eigenvalue weighted by atomic mass is 10.0. The van der Waals surface area contributed by atoms with Gasteiger partial charge in [0, 0.05) is 20.2 Å². The van der Waals surface area contributed by atoms with Crippen molar-refractivity contribution in [3.8, 4) is 0 Å². The van der Waals surface area contributed by atoms with Crippen molar-refractivity contribution >= 4 is 5.91 Å². The fraction of sp³-hybridized carbons (Fsp3) is 0.974. The maximum Gasteiger partial charge on any atom is 0.248 e. The molecular weight excluding hydrogens is 530 g/mol. The number of methoxy groups -OCH3 is 1. The predicted octanol–water partition coefficient (Wildman–Crippen LogP) is 12.2. The Morgan fingerprint density at radius 1 is 0.419 bits per heavy atom. The second kappa shape index (κ2) is 37.6. The van der Waals surface area contributed by atoms with E-state index in [-0.39, 0.29) is 12.5 Å². The zero-order valence-electron chi connectivity index (χ0n) is 29.9. The van der Waals surface area contributed by atoms with E-state index in [1.807, 2.05) is 0 Å². The van der Waals surface area contributed by atoms with Gasteiger partial charge in [-0.2, -0.15) is 0 Å². The van der Waals surface area contributed by atoms with Gasteiger partial charge in [0.15, 0.2) is 0 Å². The van der Waals surface area contributed by atoms with Gasteiger partial charge in [0.2, 0.25) is 5.91 Å². The monoisotopic (exact) mass is 610 g/mol. The lowest BCUT2D eigenvalue weighted by Crippen LogP contribution is -2.36. The number of carbonyl (C=O) groups excluding carboxylic acids is 1. The molecule has 0 N–H and O–H groups in total. The van der Waals surface area contributed by atoms with E-state index in [1.165, 1.54) is 180 Å². The molecule has 0 saturated heterocycles. The van der Waals surface area contributed by atoms with Gasteiger partial charge in [-0.3, -0.25) is 4.79 Å². The molecule has 0 aliphatic carbocycles. The van der Waals surface area contributed by atoms with Gasteiger partial charge in [0.25, 0.3) is 0 Å². The van der Waals surface area contributed by atoms with Gasteiger partial charge in [-0.1, -0.05) is 194 Å². The highest BCUT2D eigenvalue weighted by atomic mass is 16.5. The molecule has 0 unspecified atom stereocenters. The number of nitrogens with zero attached hydrogens (tertiary/aromatic N) is 1. The Labute approximate surface area is 271 Å². The molecule has 0 saturated carbocycles. The number of hydrogen-bond donors (Lipinski definition) is 0. The van der Waals surface area contributed by atoms with Crippen molar-refractivity contribution in [2.45, 2.75) is 206 Å². The van der Waals surface area contributed by atoms with Gasteiger partial charge >= 0.3 is 0 Å². The second-order valence-electron chi connectivity index (χ2n) is 13.3. The van der Waals surface area contributed by atoms with E-state index in [2.05, 4.69) is 18.7 Å². The Bertz CT molecular complexity index is 493. The first-order chi connectivity index (χ1) is 21.3. The molecule has 0 radical (unpaired) electrons. The smallest absolute Gasteiger partial charge is 0.248 e. The van der Waals surface area contributed by atoms with Crippen molar-refractivity contribution in [2.75, 3.05) is 40.0 Å². The number of unbranched alkanes of at least 4 members (excludes halogenated alkanes) is 28. The molecule has 258 valence electrons. The third kappa shape index (κ3) is 34.1. The van der Waals surface area contributed by atoms with Crippen LogP contribution < -0.4 is 0 Å². The van der Waals surface area contributed by atoms with Crippen LogP contribution in [0.25, 0.3) is 0 Å². The zero-order valence-corrected chi connectivity index (χ0v) is 29.9. The lowest BCUT2D eigenvalue weighted by molar-refractivity contribution is -0.136. The van der Waals surface area contributed by atoms with Crippen molar-refractivity contribution in [3.05, 3.63) is 0 Å². The van der Waals surface area contributed by atoms with Crippen molar-refractivity contribution in [1.82, 2.24) is 4.90 Å². The quantitative estimate of drug-likeness (QED) is 0.0658. The summed E-state index contributed by atoms with van der Waals surface area (Å²) < 4.78 is 10.6. The molecule has 0 rings (SSSR count). The lowest BCUT2D eigenvalue weighted by Gasteiger charge is -2.23. The average Bonchev–Trinajstić information content (AvgIpc) is 3.01. The highest BCUT2D eigenvalue weighted by Crippen LogP contribution is 2.15. The van der Waals surface area contributed by atoms with Gasteiger partial charge in [-0.25, -0.2) is 0 Å². The Kier molecular flexibility index (Phi) is 37.0. The fourth-order valence-electron chi connectivity index (χ4n) is 6.10. The van der Waals surface area contributed by atoms with Gasteiger partial charge < -0.3 is 14.4 Å². The minimum atomic E-state index is 0.159. The third-order valence-electron chi connectivity index (χ3n) is 9.07. The van der Waals surface area contributed by atoms with Crippen molar-refractivity contribution in [3.63, 3.8) is 0 Å². The number of amides is 1. The normalized spacial score (nSPS) is 11.4. The summed E-state index contributed by atoms with van der Waals surface area (Å²) in [6.45, 7) is 7.60. The highest BCUT2D eigenvalue weighted by molar-refractivity contribution is 5.77. The number of hydrogen-bond acceptors (Lipinski definition) is 3. The fourth-order valence-corrected chi connectivity index (χ4v) is 6.10. The minimum absolute atomic E-state index is 0.159. The number of rotatable bonds is 37. The van der Waals surface area contributed by atoms with E-state index >= 15 is 0 Å². The molecule has 43 heavy (non-hydrogen) atoms. The Morgan fingerprint density at radius 2 is 0.698 bits per heavy atom. The van der Waals surface area contributed by atoms with E-state index in [4.69, 9.17) is 9.47 Å². The molecular formula is C39H79NO3. The summed E-state index contributed by atoms with van der Waals surface area (Å²) in [6.07, 6.45) is 41.2. The number of ether oxygens (including phenoxy) is 2. The zero-order chi connectivity index (χ0) is 31.3. The first-order valence-corrected chi connectivity index (χ1v) is 19.6. The SMILES string of the molecule is CCCCCCCCCCCCCCCCCN(CCCCCCCCCCCCCCCCC)C(=O)COCCOC. The molecule has 0 atom stereocenters. The summed E-state index contributed by atoms with van der Waals surface area (Å²) >= 11 is 0. The maximum absolute atomic E-state index is 12.8. The Morgan fingerprint density at radius 3 is 0.977 bits per heavy atom. The largest absolute Gasteiger partial charge is 0.382 e. The summed E-state index contributed by atoms with van der Waals surface area (Å²) in [4.78, 5) is 14.9. The Hall–Kier alpha value is -0.610. The molecule has 0 aromatic rings. The van der Waals surface area contributed by atoms with Crippen LogP contribution in [0.3, 0.4) is 0 Å². The van der Waals surface area contributed by atoms with E-state index in [0.29, 0.717) is 13.2 Å². The molecule has 4 nitrogen and oxygen atoms in total. The van der Waals surface area contributed by atoms with Crippen molar-refractivity contribution < 1.29 is 14.3 Å². The van der Waals surface area contributed by atoms with Gasteiger partial charge in [0.05, 0.1) is 13.2 Å². The predicted molar refractivity (Wildman–Crippen MR) is 189 cm³/mol. The molecule has 0 fully saturated rings. The Balaban J connectivity index is 3.82. The molecule has 0 aromatic carbocycles. The van der Waals surface area contributed by atoms with Gasteiger partial charge in [-0.15, -0.1) is 0 Å². The van der Waals surface area contributed by atoms with Crippen molar-refractivity contribution in [2.24, 2.45) is 0 Å². The molecule has 0 aliphatic heterocycles. The highest BCUT2D eigenvalue weighted by Gasteiger charge is 2.13. The third-order valence-corrected chi connectivity index (χ3v) is 9.07. The minimum Gasteiger partial charge on any atom is -0.382 e. The van der Waals surface area contributed by atoms with E-state index < -0.39 is 0 Å². The summed E-state index contributed by atoms with van der Waals surface area (Å²) in [5.41, 5.74) is 0. The first-order valence-electron chi connectivity index (χ1n) is 19.6. The van der Waals surface area contributed by atoms with Crippen LogP contribution in [0.2, 0.25) is 0 Å².